The first-order valence-electron chi connectivity index (χ1n) is 6.34. The third kappa shape index (κ3) is 3.73. The summed E-state index contributed by atoms with van der Waals surface area (Å²) in [6.45, 7) is 0.376. The third-order valence-electron chi connectivity index (χ3n) is 3.09. The van der Waals surface area contributed by atoms with Crippen molar-refractivity contribution >= 4 is 17.5 Å². The Kier molecular flexibility index (Phi) is 4.81. The summed E-state index contributed by atoms with van der Waals surface area (Å²) in [6.07, 6.45) is 0. The average molecular weight is 308 g/mol. The molecule has 0 bridgehead atoms. The van der Waals surface area contributed by atoms with Crippen molar-refractivity contribution in [2.24, 2.45) is 0 Å². The Bertz CT molecular complexity index is 643. The van der Waals surface area contributed by atoms with Gasteiger partial charge in [-0.05, 0) is 29.8 Å². The van der Waals surface area contributed by atoms with Crippen LogP contribution >= 0.6 is 11.6 Å². The van der Waals surface area contributed by atoms with Gasteiger partial charge in [0.1, 0.15) is 11.6 Å². The number of nitrogens with zero attached hydrogens (tertiary/aromatic N) is 1. The van der Waals surface area contributed by atoms with Crippen LogP contribution in [0.5, 0.6) is 5.75 Å². The van der Waals surface area contributed by atoms with Gasteiger partial charge < -0.3 is 9.64 Å². The minimum absolute atomic E-state index is 0.0206. The fourth-order valence-corrected chi connectivity index (χ4v) is 2.06. The Balaban J connectivity index is 2.13. The molecular weight excluding hydrogens is 293 g/mol. The molecule has 0 saturated carbocycles. The maximum atomic E-state index is 13.9. The summed E-state index contributed by atoms with van der Waals surface area (Å²) in [5.41, 5.74) is 0.941. The molecule has 0 saturated heterocycles. The van der Waals surface area contributed by atoms with Gasteiger partial charge in [0, 0.05) is 24.7 Å². The fourth-order valence-electron chi connectivity index (χ4n) is 1.94. The number of carbonyl (C=O) groups excluding carboxylic acids is 1. The van der Waals surface area contributed by atoms with Crippen molar-refractivity contribution in [3.05, 3.63) is 64.4 Å². The summed E-state index contributed by atoms with van der Waals surface area (Å²) >= 11 is 5.81. The number of rotatable bonds is 4. The summed E-state index contributed by atoms with van der Waals surface area (Å²) in [5.74, 6) is -0.600. The van der Waals surface area contributed by atoms with E-state index in [1.165, 1.54) is 24.1 Å². The van der Waals surface area contributed by atoms with Gasteiger partial charge in [0.15, 0.2) is 0 Å². The normalized spacial score (nSPS) is 10.3. The number of hydrogen-bond acceptors (Lipinski definition) is 2. The van der Waals surface area contributed by atoms with Gasteiger partial charge >= 0.3 is 0 Å². The molecule has 0 fully saturated rings. The van der Waals surface area contributed by atoms with Crippen molar-refractivity contribution in [2.75, 3.05) is 14.2 Å². The SMILES string of the molecule is COc1ccc(C(=O)N(C)Cc2ccc(Cl)cc2)c(F)c1. The van der Waals surface area contributed by atoms with E-state index in [4.69, 9.17) is 16.3 Å². The molecule has 0 heterocycles. The fraction of sp³-hybridized carbons (Fsp3) is 0.188. The molecule has 3 nitrogen and oxygen atoms in total. The Labute approximate surface area is 127 Å². The van der Waals surface area contributed by atoms with Crippen molar-refractivity contribution in [3.63, 3.8) is 0 Å². The van der Waals surface area contributed by atoms with E-state index in [0.717, 1.165) is 5.56 Å². The van der Waals surface area contributed by atoms with Crippen LogP contribution in [0.3, 0.4) is 0 Å². The van der Waals surface area contributed by atoms with Crippen molar-refractivity contribution < 1.29 is 13.9 Å². The van der Waals surface area contributed by atoms with Crippen molar-refractivity contribution in [1.82, 2.24) is 4.90 Å². The molecule has 2 rings (SSSR count). The topological polar surface area (TPSA) is 29.5 Å². The van der Waals surface area contributed by atoms with E-state index in [9.17, 15) is 9.18 Å². The van der Waals surface area contributed by atoms with Crippen LogP contribution in [-0.4, -0.2) is 25.0 Å². The van der Waals surface area contributed by atoms with Crippen LogP contribution in [0.1, 0.15) is 15.9 Å². The lowest BCUT2D eigenvalue weighted by Gasteiger charge is -2.18. The molecule has 110 valence electrons. The lowest BCUT2D eigenvalue weighted by Crippen LogP contribution is -2.27. The van der Waals surface area contributed by atoms with Crippen LogP contribution in [0, 0.1) is 5.82 Å². The number of methoxy groups -OCH3 is 1. The van der Waals surface area contributed by atoms with E-state index < -0.39 is 5.82 Å². The molecule has 0 unspecified atom stereocenters. The molecule has 0 aromatic heterocycles. The summed E-state index contributed by atoms with van der Waals surface area (Å²) in [5, 5.41) is 0.633. The second-order valence-corrected chi connectivity index (χ2v) is 5.07. The number of hydrogen-bond donors (Lipinski definition) is 0. The van der Waals surface area contributed by atoms with Crippen LogP contribution in [0.2, 0.25) is 5.02 Å². The first-order chi connectivity index (χ1) is 10.0. The van der Waals surface area contributed by atoms with E-state index in [-0.39, 0.29) is 11.5 Å². The summed E-state index contributed by atoms with van der Waals surface area (Å²) in [7, 11) is 3.07. The molecule has 5 heteroatoms. The number of benzene rings is 2. The van der Waals surface area contributed by atoms with E-state index in [1.54, 1.807) is 25.2 Å². The first-order valence-corrected chi connectivity index (χ1v) is 6.72. The zero-order valence-electron chi connectivity index (χ0n) is 11.8. The number of halogens is 2. The Morgan fingerprint density at radius 3 is 2.48 bits per heavy atom. The number of carbonyl (C=O) groups is 1. The van der Waals surface area contributed by atoms with Gasteiger partial charge in [-0.15, -0.1) is 0 Å². The first kappa shape index (κ1) is 15.3. The van der Waals surface area contributed by atoms with Gasteiger partial charge in [0.05, 0.1) is 12.7 Å². The lowest BCUT2D eigenvalue weighted by atomic mass is 10.1. The minimum atomic E-state index is -0.595. The quantitative estimate of drug-likeness (QED) is 0.860. The molecule has 21 heavy (non-hydrogen) atoms. The molecule has 0 aliphatic carbocycles. The smallest absolute Gasteiger partial charge is 0.256 e. The third-order valence-corrected chi connectivity index (χ3v) is 3.34. The Morgan fingerprint density at radius 1 is 1.24 bits per heavy atom. The largest absolute Gasteiger partial charge is 0.497 e. The molecule has 2 aromatic carbocycles. The van der Waals surface area contributed by atoms with Crippen LogP contribution in [0.15, 0.2) is 42.5 Å². The zero-order chi connectivity index (χ0) is 15.4. The van der Waals surface area contributed by atoms with Crippen LogP contribution in [0.25, 0.3) is 0 Å². The maximum Gasteiger partial charge on any atom is 0.256 e. The number of ether oxygens (including phenoxy) is 1. The second kappa shape index (κ2) is 6.59. The molecule has 0 atom stereocenters. The van der Waals surface area contributed by atoms with Crippen LogP contribution < -0.4 is 4.74 Å². The highest BCUT2D eigenvalue weighted by Crippen LogP contribution is 2.18. The predicted molar refractivity (Wildman–Crippen MR) is 80.2 cm³/mol. The van der Waals surface area contributed by atoms with Gasteiger partial charge in [0.25, 0.3) is 5.91 Å². The molecular formula is C16H15ClFNO2. The van der Waals surface area contributed by atoms with Crippen LogP contribution in [0.4, 0.5) is 4.39 Å². The Morgan fingerprint density at radius 2 is 1.90 bits per heavy atom. The van der Waals surface area contributed by atoms with E-state index >= 15 is 0 Å². The van der Waals surface area contributed by atoms with Crippen molar-refractivity contribution in [1.29, 1.82) is 0 Å². The zero-order valence-corrected chi connectivity index (χ0v) is 12.5. The minimum Gasteiger partial charge on any atom is -0.497 e. The van der Waals surface area contributed by atoms with Gasteiger partial charge in [-0.25, -0.2) is 4.39 Å². The van der Waals surface area contributed by atoms with Crippen molar-refractivity contribution in [3.8, 4) is 5.75 Å². The standard InChI is InChI=1S/C16H15ClFNO2/c1-19(10-11-3-5-12(17)6-4-11)16(20)14-8-7-13(21-2)9-15(14)18/h3-9H,10H2,1-2H3. The molecule has 2 aromatic rings. The molecule has 1 amide bonds. The van der Waals surface area contributed by atoms with Gasteiger partial charge in [0.2, 0.25) is 0 Å². The van der Waals surface area contributed by atoms with Crippen LogP contribution in [-0.2, 0) is 6.54 Å². The molecule has 0 aliphatic rings. The lowest BCUT2D eigenvalue weighted by molar-refractivity contribution is 0.0780. The highest BCUT2D eigenvalue weighted by atomic mass is 35.5. The Hall–Kier alpha value is -2.07. The van der Waals surface area contributed by atoms with Gasteiger partial charge in [-0.1, -0.05) is 23.7 Å². The van der Waals surface area contributed by atoms with E-state index in [2.05, 4.69) is 0 Å². The monoisotopic (exact) mass is 307 g/mol. The molecule has 0 radical (unpaired) electrons. The summed E-state index contributed by atoms with van der Waals surface area (Å²) < 4.78 is 18.8. The summed E-state index contributed by atoms with van der Waals surface area (Å²) in [4.78, 5) is 13.7. The average Bonchev–Trinajstić information content (AvgIpc) is 2.48. The van der Waals surface area contributed by atoms with Crippen molar-refractivity contribution in [2.45, 2.75) is 6.54 Å². The molecule has 0 N–H and O–H groups in total. The highest BCUT2D eigenvalue weighted by molar-refractivity contribution is 6.30. The van der Waals surface area contributed by atoms with E-state index in [1.807, 2.05) is 12.1 Å². The predicted octanol–water partition coefficient (Wildman–Crippen LogP) is 3.76. The van der Waals surface area contributed by atoms with E-state index in [0.29, 0.717) is 17.3 Å². The molecule has 0 spiro atoms. The second-order valence-electron chi connectivity index (χ2n) is 4.63. The highest BCUT2D eigenvalue weighted by Gasteiger charge is 2.17. The summed E-state index contributed by atoms with van der Waals surface area (Å²) in [6, 6.07) is 11.4. The number of amides is 1. The molecule has 0 aliphatic heterocycles. The van der Waals surface area contributed by atoms with Gasteiger partial charge in [-0.3, -0.25) is 4.79 Å². The maximum absolute atomic E-state index is 13.9. The van der Waals surface area contributed by atoms with Gasteiger partial charge in [-0.2, -0.15) is 0 Å².